The van der Waals surface area contributed by atoms with Gasteiger partial charge in [0, 0.05) is 22.7 Å². The average Bonchev–Trinajstić information content (AvgIpc) is 3.18. The van der Waals surface area contributed by atoms with Crippen molar-refractivity contribution in [3.05, 3.63) is 39.1 Å². The van der Waals surface area contributed by atoms with Crippen molar-refractivity contribution in [2.75, 3.05) is 23.3 Å². The van der Waals surface area contributed by atoms with Crippen LogP contribution in [0.5, 0.6) is 0 Å². The van der Waals surface area contributed by atoms with Gasteiger partial charge in [-0.15, -0.1) is 0 Å². The molecule has 9 heteroatoms. The van der Waals surface area contributed by atoms with Gasteiger partial charge in [-0.05, 0) is 71.9 Å². The molecule has 0 radical (unpaired) electrons. The Morgan fingerprint density at radius 1 is 1.19 bits per heavy atom. The molecule has 1 spiro atoms. The minimum atomic E-state index is -4.53. The molecule has 1 amide bonds. The maximum absolute atomic E-state index is 12.7. The van der Waals surface area contributed by atoms with Gasteiger partial charge in [0.15, 0.2) is 5.82 Å². The summed E-state index contributed by atoms with van der Waals surface area (Å²) in [6, 6.07) is 6.27. The smallest absolute Gasteiger partial charge is 0.371 e. The van der Waals surface area contributed by atoms with E-state index in [0.717, 1.165) is 41.3 Å². The van der Waals surface area contributed by atoms with E-state index in [0.29, 0.717) is 11.0 Å². The van der Waals surface area contributed by atoms with E-state index in [1.54, 1.807) is 6.07 Å². The van der Waals surface area contributed by atoms with Gasteiger partial charge in [0.2, 0.25) is 0 Å². The largest absolute Gasteiger partial charge is 0.432 e. The Labute approximate surface area is 167 Å². The van der Waals surface area contributed by atoms with E-state index in [2.05, 4.69) is 37.9 Å². The van der Waals surface area contributed by atoms with Crippen LogP contribution >= 0.6 is 22.6 Å². The topological polar surface area (TPSA) is 61.0 Å². The van der Waals surface area contributed by atoms with E-state index >= 15 is 0 Å². The second-order valence-corrected chi connectivity index (χ2v) is 8.51. The average molecular weight is 490 g/mol. The van der Waals surface area contributed by atoms with Gasteiger partial charge in [-0.1, -0.05) is 0 Å². The fourth-order valence-electron chi connectivity index (χ4n) is 3.57. The third-order valence-corrected chi connectivity index (χ3v) is 6.12. The van der Waals surface area contributed by atoms with Crippen molar-refractivity contribution in [2.45, 2.75) is 31.9 Å². The second kappa shape index (κ2) is 6.68. The number of carbonyl (C=O) groups is 1. The molecule has 0 atom stereocenters. The first-order valence-electron chi connectivity index (χ1n) is 8.74. The molecule has 1 aliphatic heterocycles. The summed E-state index contributed by atoms with van der Waals surface area (Å²) in [5.74, 6) is -0.610. The molecule has 27 heavy (non-hydrogen) atoms. The zero-order valence-corrected chi connectivity index (χ0v) is 16.5. The molecule has 1 aliphatic carbocycles. The molecule has 4 rings (SSSR count). The van der Waals surface area contributed by atoms with E-state index in [1.807, 2.05) is 17.2 Å². The summed E-state index contributed by atoms with van der Waals surface area (Å²) in [5, 5.41) is 7.92. The van der Waals surface area contributed by atoms with E-state index in [-0.39, 0.29) is 5.82 Å². The van der Waals surface area contributed by atoms with Gasteiger partial charge in [0.25, 0.3) is 5.91 Å². The van der Waals surface area contributed by atoms with Crippen molar-refractivity contribution < 1.29 is 18.0 Å². The predicted molar refractivity (Wildman–Crippen MR) is 104 cm³/mol. The summed E-state index contributed by atoms with van der Waals surface area (Å²) in [6.07, 6.45) is 0.292. The van der Waals surface area contributed by atoms with Crippen LogP contribution < -0.4 is 10.2 Å². The molecule has 2 aromatic rings. The van der Waals surface area contributed by atoms with E-state index in [1.165, 1.54) is 12.8 Å². The minimum absolute atomic E-state index is 0.146. The Hall–Kier alpha value is -1.78. The SMILES string of the molecule is O=C(Nc1cc(C(F)(F)F)[nH]n1)c1ccc(I)cc1N1CCC2(CC1)CC2. The van der Waals surface area contributed by atoms with Crippen molar-refractivity contribution in [1.82, 2.24) is 10.2 Å². The van der Waals surface area contributed by atoms with Crippen LogP contribution in [0.3, 0.4) is 0 Å². The van der Waals surface area contributed by atoms with Gasteiger partial charge in [-0.2, -0.15) is 18.3 Å². The van der Waals surface area contributed by atoms with Crippen LogP contribution in [0.25, 0.3) is 0 Å². The van der Waals surface area contributed by atoms with Crippen LogP contribution in [0.15, 0.2) is 24.3 Å². The molecule has 1 saturated carbocycles. The number of piperidine rings is 1. The van der Waals surface area contributed by atoms with Crippen LogP contribution in [-0.4, -0.2) is 29.2 Å². The summed E-state index contributed by atoms with van der Waals surface area (Å²) >= 11 is 2.20. The number of benzene rings is 1. The number of nitrogens with one attached hydrogen (secondary N) is 2. The van der Waals surface area contributed by atoms with Crippen LogP contribution in [0.1, 0.15) is 41.7 Å². The lowest BCUT2D eigenvalue weighted by atomic mass is 9.93. The van der Waals surface area contributed by atoms with Gasteiger partial charge >= 0.3 is 6.18 Å². The third-order valence-electron chi connectivity index (χ3n) is 5.45. The summed E-state index contributed by atoms with van der Waals surface area (Å²) in [5.41, 5.74) is 0.788. The molecule has 2 aliphatic rings. The Bertz CT molecular complexity index is 866. The van der Waals surface area contributed by atoms with Gasteiger partial charge in [-0.25, -0.2) is 0 Å². The minimum Gasteiger partial charge on any atom is -0.371 e. The molecule has 2 fully saturated rings. The molecule has 0 unspecified atom stereocenters. The highest BCUT2D eigenvalue weighted by molar-refractivity contribution is 14.1. The van der Waals surface area contributed by atoms with Gasteiger partial charge in [0.1, 0.15) is 5.69 Å². The molecule has 0 bridgehead atoms. The lowest BCUT2D eigenvalue weighted by molar-refractivity contribution is -0.141. The highest BCUT2D eigenvalue weighted by Crippen LogP contribution is 2.54. The quantitative estimate of drug-likeness (QED) is 0.616. The molecule has 2 heterocycles. The number of hydrogen-bond donors (Lipinski definition) is 2. The number of amides is 1. The standard InChI is InChI=1S/C18H18F3IN4O/c19-18(20,21)14-10-15(25-24-14)23-16(27)12-2-1-11(22)9-13(12)26-7-5-17(3-4-17)6-8-26/h1-2,9-10H,3-8H2,(H2,23,24,25,27). The van der Waals surface area contributed by atoms with E-state index in [4.69, 9.17) is 0 Å². The van der Waals surface area contributed by atoms with Crippen LogP contribution in [0.4, 0.5) is 24.7 Å². The monoisotopic (exact) mass is 490 g/mol. The number of hydrogen-bond acceptors (Lipinski definition) is 3. The number of carbonyl (C=O) groups excluding carboxylic acids is 1. The zero-order valence-electron chi connectivity index (χ0n) is 14.4. The lowest BCUT2D eigenvalue weighted by Crippen LogP contribution is -2.35. The molecule has 5 nitrogen and oxygen atoms in total. The van der Waals surface area contributed by atoms with Crippen LogP contribution in [0.2, 0.25) is 0 Å². The van der Waals surface area contributed by atoms with Crippen molar-refractivity contribution in [3.8, 4) is 0 Å². The molecule has 1 saturated heterocycles. The summed E-state index contributed by atoms with van der Waals surface area (Å²) in [7, 11) is 0. The van der Waals surface area contributed by atoms with Gasteiger partial charge in [-0.3, -0.25) is 9.89 Å². The predicted octanol–water partition coefficient (Wildman–Crippen LogP) is 4.67. The zero-order chi connectivity index (χ0) is 19.2. The van der Waals surface area contributed by atoms with Gasteiger partial charge in [0.05, 0.1) is 11.3 Å². The highest BCUT2D eigenvalue weighted by Gasteiger charge is 2.44. The number of rotatable bonds is 3. The number of nitrogens with zero attached hydrogens (tertiary/aromatic N) is 2. The van der Waals surface area contributed by atoms with Crippen molar-refractivity contribution in [1.29, 1.82) is 0 Å². The fraction of sp³-hybridized carbons (Fsp3) is 0.444. The lowest BCUT2D eigenvalue weighted by Gasteiger charge is -2.35. The molecule has 144 valence electrons. The summed E-state index contributed by atoms with van der Waals surface area (Å²) in [6.45, 7) is 1.78. The van der Waals surface area contributed by atoms with Crippen molar-refractivity contribution >= 4 is 40.0 Å². The Kier molecular flexibility index (Phi) is 4.59. The Morgan fingerprint density at radius 3 is 2.48 bits per heavy atom. The molecular weight excluding hydrogens is 472 g/mol. The Morgan fingerprint density at radius 2 is 1.89 bits per heavy atom. The number of aromatic nitrogens is 2. The molecule has 1 aromatic carbocycles. The molecular formula is C18H18F3IN4O. The highest BCUT2D eigenvalue weighted by atomic mass is 127. The van der Waals surface area contributed by atoms with Gasteiger partial charge < -0.3 is 10.2 Å². The molecule has 2 N–H and O–H groups in total. The summed E-state index contributed by atoms with van der Waals surface area (Å²) < 4.78 is 39.1. The first-order chi connectivity index (χ1) is 12.8. The number of alkyl halides is 3. The number of H-pyrrole nitrogens is 1. The second-order valence-electron chi connectivity index (χ2n) is 7.27. The van der Waals surface area contributed by atoms with E-state index in [9.17, 15) is 18.0 Å². The van der Waals surface area contributed by atoms with Crippen LogP contribution in [0, 0.1) is 8.99 Å². The van der Waals surface area contributed by atoms with Crippen molar-refractivity contribution in [2.24, 2.45) is 5.41 Å². The molecule has 1 aromatic heterocycles. The first kappa shape index (κ1) is 18.6. The third kappa shape index (κ3) is 3.92. The number of aromatic amines is 1. The van der Waals surface area contributed by atoms with Crippen molar-refractivity contribution in [3.63, 3.8) is 0 Å². The maximum atomic E-state index is 12.7. The Balaban J connectivity index is 1.54. The van der Waals surface area contributed by atoms with Crippen LogP contribution in [-0.2, 0) is 6.18 Å². The number of anilines is 2. The number of halogens is 4. The fourth-order valence-corrected chi connectivity index (χ4v) is 4.05. The maximum Gasteiger partial charge on any atom is 0.432 e. The van der Waals surface area contributed by atoms with E-state index < -0.39 is 17.8 Å². The first-order valence-corrected chi connectivity index (χ1v) is 9.82. The normalized spacial score (nSPS) is 18.6. The summed E-state index contributed by atoms with van der Waals surface area (Å²) in [4.78, 5) is 14.9.